The van der Waals surface area contributed by atoms with Crippen molar-refractivity contribution in [1.82, 2.24) is 0 Å². The normalized spacial score (nSPS) is 25.6. The van der Waals surface area contributed by atoms with Gasteiger partial charge >= 0.3 is 0 Å². The van der Waals surface area contributed by atoms with Gasteiger partial charge in [-0.25, -0.2) is 0 Å². The Balaban J connectivity index is 2.90. The lowest BCUT2D eigenvalue weighted by Crippen LogP contribution is -2.31. The summed E-state index contributed by atoms with van der Waals surface area (Å²) in [6.07, 6.45) is 6.96. The molecule has 1 atom stereocenters. The third-order valence-corrected chi connectivity index (χ3v) is 2.79. The second kappa shape index (κ2) is 5.21. The molecule has 0 spiro atoms. The summed E-state index contributed by atoms with van der Waals surface area (Å²) in [6, 6.07) is 0. The van der Waals surface area contributed by atoms with E-state index in [1.54, 1.807) is 21.3 Å². The van der Waals surface area contributed by atoms with Crippen molar-refractivity contribution in [2.75, 3.05) is 21.3 Å². The average molecular weight is 212 g/mol. The fourth-order valence-electron chi connectivity index (χ4n) is 1.92. The molecule has 0 aliphatic heterocycles. The Kier molecular flexibility index (Phi) is 4.21. The van der Waals surface area contributed by atoms with Gasteiger partial charge in [0.15, 0.2) is 11.5 Å². The first-order valence-electron chi connectivity index (χ1n) is 5.28. The first-order chi connectivity index (χ1) is 7.21. The first-order valence-corrected chi connectivity index (χ1v) is 5.28. The summed E-state index contributed by atoms with van der Waals surface area (Å²) < 4.78 is 16.1. The van der Waals surface area contributed by atoms with E-state index in [-0.39, 0.29) is 5.60 Å². The second-order valence-corrected chi connectivity index (χ2v) is 3.71. The van der Waals surface area contributed by atoms with Crippen LogP contribution in [0.5, 0.6) is 0 Å². The van der Waals surface area contributed by atoms with Gasteiger partial charge in [0.1, 0.15) is 0 Å². The van der Waals surface area contributed by atoms with Crippen molar-refractivity contribution < 1.29 is 14.2 Å². The van der Waals surface area contributed by atoms with E-state index >= 15 is 0 Å². The summed E-state index contributed by atoms with van der Waals surface area (Å²) in [6.45, 7) is 2.15. The van der Waals surface area contributed by atoms with Crippen LogP contribution in [-0.2, 0) is 14.2 Å². The van der Waals surface area contributed by atoms with Crippen molar-refractivity contribution in [3.8, 4) is 0 Å². The van der Waals surface area contributed by atoms with Gasteiger partial charge in [0, 0.05) is 13.5 Å². The van der Waals surface area contributed by atoms with E-state index in [1.807, 2.05) is 12.2 Å². The number of ether oxygens (including phenoxy) is 3. The highest BCUT2D eigenvalue weighted by molar-refractivity contribution is 5.29. The summed E-state index contributed by atoms with van der Waals surface area (Å²) in [5.41, 5.74) is -0.220. The van der Waals surface area contributed by atoms with E-state index in [0.717, 1.165) is 30.8 Å². The van der Waals surface area contributed by atoms with Gasteiger partial charge in [-0.2, -0.15) is 0 Å². The molecule has 86 valence electrons. The maximum absolute atomic E-state index is 5.59. The van der Waals surface area contributed by atoms with E-state index < -0.39 is 0 Å². The minimum atomic E-state index is -0.220. The largest absolute Gasteiger partial charge is 0.493 e. The van der Waals surface area contributed by atoms with Crippen LogP contribution in [0, 0.1) is 0 Å². The topological polar surface area (TPSA) is 27.7 Å². The van der Waals surface area contributed by atoms with Gasteiger partial charge in [-0.3, -0.25) is 0 Å². The van der Waals surface area contributed by atoms with Crippen LogP contribution in [0.4, 0.5) is 0 Å². The van der Waals surface area contributed by atoms with E-state index in [1.165, 1.54) is 0 Å². The third kappa shape index (κ3) is 2.53. The molecule has 0 amide bonds. The lowest BCUT2D eigenvalue weighted by molar-refractivity contribution is 0.0187. The molecule has 0 aromatic heterocycles. The van der Waals surface area contributed by atoms with Crippen LogP contribution in [0.25, 0.3) is 0 Å². The highest BCUT2D eigenvalue weighted by Crippen LogP contribution is 2.32. The van der Waals surface area contributed by atoms with Gasteiger partial charge in [-0.1, -0.05) is 13.3 Å². The zero-order valence-electron chi connectivity index (χ0n) is 10.0. The molecule has 0 fully saturated rings. The second-order valence-electron chi connectivity index (χ2n) is 3.71. The van der Waals surface area contributed by atoms with Crippen LogP contribution in [-0.4, -0.2) is 26.9 Å². The Bertz CT molecular complexity index is 268. The monoisotopic (exact) mass is 212 g/mol. The molecule has 0 saturated heterocycles. The molecule has 0 aromatic rings. The van der Waals surface area contributed by atoms with E-state index in [0.29, 0.717) is 0 Å². The quantitative estimate of drug-likeness (QED) is 0.701. The van der Waals surface area contributed by atoms with E-state index in [2.05, 4.69) is 6.92 Å². The predicted octanol–water partition coefficient (Wildman–Crippen LogP) is 2.64. The lowest BCUT2D eigenvalue weighted by atomic mass is 9.89. The van der Waals surface area contributed by atoms with Crippen LogP contribution < -0.4 is 0 Å². The maximum Gasteiger partial charge on any atom is 0.159 e. The van der Waals surface area contributed by atoms with Crippen molar-refractivity contribution in [3.05, 3.63) is 23.7 Å². The molecule has 1 aliphatic rings. The average Bonchev–Trinajstić information content (AvgIpc) is 2.29. The van der Waals surface area contributed by atoms with Crippen LogP contribution in [0.1, 0.15) is 26.2 Å². The zero-order chi connectivity index (χ0) is 11.3. The standard InChI is InChI=1S/C12H20O3/c1-5-7-12(15-4)8-6-10(13-2)11(9-12)14-3/h6,9H,5,7-8H2,1-4H3. The van der Waals surface area contributed by atoms with Crippen LogP contribution >= 0.6 is 0 Å². The van der Waals surface area contributed by atoms with Crippen molar-refractivity contribution in [2.24, 2.45) is 0 Å². The molecule has 0 aromatic carbocycles. The van der Waals surface area contributed by atoms with Crippen molar-refractivity contribution in [3.63, 3.8) is 0 Å². The fourth-order valence-corrected chi connectivity index (χ4v) is 1.92. The van der Waals surface area contributed by atoms with Gasteiger partial charge in [-0.15, -0.1) is 0 Å². The van der Waals surface area contributed by atoms with Crippen LogP contribution in [0.15, 0.2) is 23.7 Å². The Labute approximate surface area is 91.7 Å². The SMILES string of the molecule is CCCC1(OC)C=C(OC)C(OC)=CC1. The first kappa shape index (κ1) is 12.1. The molecular weight excluding hydrogens is 192 g/mol. The molecule has 0 saturated carbocycles. The van der Waals surface area contributed by atoms with Gasteiger partial charge in [-0.05, 0) is 18.6 Å². The molecule has 0 radical (unpaired) electrons. The maximum atomic E-state index is 5.59. The Morgan fingerprint density at radius 1 is 1.20 bits per heavy atom. The number of hydrogen-bond acceptors (Lipinski definition) is 3. The predicted molar refractivity (Wildman–Crippen MR) is 59.4 cm³/mol. The summed E-state index contributed by atoms with van der Waals surface area (Å²) in [7, 11) is 5.04. The minimum absolute atomic E-state index is 0.220. The molecule has 0 heterocycles. The van der Waals surface area contributed by atoms with Gasteiger partial charge in [0.05, 0.1) is 19.8 Å². The zero-order valence-corrected chi connectivity index (χ0v) is 10.0. The molecule has 15 heavy (non-hydrogen) atoms. The molecule has 1 rings (SSSR count). The number of rotatable bonds is 5. The molecule has 1 aliphatic carbocycles. The number of methoxy groups -OCH3 is 3. The molecule has 0 bridgehead atoms. The summed E-state index contributed by atoms with van der Waals surface area (Å²) in [5, 5.41) is 0. The molecule has 0 N–H and O–H groups in total. The summed E-state index contributed by atoms with van der Waals surface area (Å²) in [4.78, 5) is 0. The fraction of sp³-hybridized carbons (Fsp3) is 0.667. The molecular formula is C12H20O3. The highest BCUT2D eigenvalue weighted by Gasteiger charge is 2.31. The smallest absolute Gasteiger partial charge is 0.159 e. The van der Waals surface area contributed by atoms with Crippen molar-refractivity contribution >= 4 is 0 Å². The van der Waals surface area contributed by atoms with Gasteiger partial charge < -0.3 is 14.2 Å². The lowest BCUT2D eigenvalue weighted by Gasteiger charge is -2.32. The van der Waals surface area contributed by atoms with Crippen molar-refractivity contribution in [2.45, 2.75) is 31.8 Å². The summed E-state index contributed by atoms with van der Waals surface area (Å²) in [5.74, 6) is 1.56. The van der Waals surface area contributed by atoms with E-state index in [9.17, 15) is 0 Å². The Hall–Kier alpha value is -0.960. The van der Waals surface area contributed by atoms with Gasteiger partial charge in [0.25, 0.3) is 0 Å². The third-order valence-electron chi connectivity index (χ3n) is 2.79. The Morgan fingerprint density at radius 3 is 2.33 bits per heavy atom. The molecule has 3 heteroatoms. The van der Waals surface area contributed by atoms with Crippen LogP contribution in [0.3, 0.4) is 0 Å². The molecule has 3 nitrogen and oxygen atoms in total. The van der Waals surface area contributed by atoms with Crippen molar-refractivity contribution in [1.29, 1.82) is 0 Å². The van der Waals surface area contributed by atoms with E-state index in [4.69, 9.17) is 14.2 Å². The molecule has 1 unspecified atom stereocenters. The summed E-state index contributed by atoms with van der Waals surface area (Å²) >= 11 is 0. The number of hydrogen-bond donors (Lipinski definition) is 0. The minimum Gasteiger partial charge on any atom is -0.493 e. The van der Waals surface area contributed by atoms with Gasteiger partial charge in [0.2, 0.25) is 0 Å². The van der Waals surface area contributed by atoms with Crippen LogP contribution in [0.2, 0.25) is 0 Å². The highest BCUT2D eigenvalue weighted by atomic mass is 16.5. The Morgan fingerprint density at radius 2 is 1.87 bits per heavy atom.